The fraction of sp³-hybridized carbons (Fsp3) is 0.0952. The Kier molecular flexibility index (Phi) is 4.55. The van der Waals surface area contributed by atoms with Gasteiger partial charge < -0.3 is 5.73 Å². The lowest BCUT2D eigenvalue weighted by Gasteiger charge is -2.16. The van der Waals surface area contributed by atoms with Crippen LogP contribution in [-0.4, -0.2) is 4.57 Å². The monoisotopic (exact) mass is 340 g/mol. The quantitative estimate of drug-likeness (QED) is 0.790. The second-order valence-electron chi connectivity index (χ2n) is 5.76. The summed E-state index contributed by atoms with van der Waals surface area (Å²) in [5.74, 6) is 0.0311. The molecule has 0 saturated carbocycles. The van der Waals surface area contributed by atoms with Crippen molar-refractivity contribution in [3.05, 3.63) is 81.6 Å². The molecule has 0 unspecified atom stereocenters. The normalized spacial score (nSPS) is 10.1. The minimum absolute atomic E-state index is 0.0311. The number of aryl methyl sites for hydroxylation is 1. The molecule has 0 spiro atoms. The molecule has 2 aromatic carbocycles. The molecular weight excluding hydrogens is 324 g/mol. The molecule has 3 rings (SSSR count). The maximum atomic E-state index is 13.0. The zero-order valence-electron chi connectivity index (χ0n) is 14.2. The zero-order chi connectivity index (χ0) is 18.7. The number of nitrogen functional groups attached to an aromatic ring is 1. The first-order valence-corrected chi connectivity index (χ1v) is 8.15. The summed E-state index contributed by atoms with van der Waals surface area (Å²) in [6.07, 6.45) is 0.792. The number of nitrogens with zero attached hydrogens (tertiary/aromatic N) is 3. The molecule has 2 N–H and O–H groups in total. The summed E-state index contributed by atoms with van der Waals surface area (Å²) in [6, 6.07) is 20.3. The number of hydrogen-bond donors (Lipinski definition) is 1. The molecule has 0 aliphatic carbocycles. The molecule has 3 aromatic rings. The Morgan fingerprint density at radius 2 is 1.69 bits per heavy atom. The molecule has 0 bridgehead atoms. The first kappa shape index (κ1) is 17.0. The highest BCUT2D eigenvalue weighted by molar-refractivity contribution is 5.81. The predicted octanol–water partition coefficient (Wildman–Crippen LogP) is 3.39. The lowest BCUT2D eigenvalue weighted by molar-refractivity contribution is 0.984. The molecule has 0 aliphatic rings. The molecule has 0 radical (unpaired) electrons. The largest absolute Gasteiger partial charge is 0.384 e. The van der Waals surface area contributed by atoms with E-state index in [0.717, 1.165) is 12.0 Å². The summed E-state index contributed by atoms with van der Waals surface area (Å²) in [7, 11) is 0. The van der Waals surface area contributed by atoms with Crippen molar-refractivity contribution in [2.45, 2.75) is 13.3 Å². The van der Waals surface area contributed by atoms with Crippen molar-refractivity contribution in [2.75, 3.05) is 5.73 Å². The van der Waals surface area contributed by atoms with Crippen LogP contribution >= 0.6 is 0 Å². The second kappa shape index (κ2) is 6.96. The van der Waals surface area contributed by atoms with Crippen LogP contribution in [0.4, 0.5) is 5.82 Å². The summed E-state index contributed by atoms with van der Waals surface area (Å²) >= 11 is 0. The van der Waals surface area contributed by atoms with Gasteiger partial charge in [-0.1, -0.05) is 49.4 Å². The van der Waals surface area contributed by atoms with E-state index >= 15 is 0 Å². The third kappa shape index (κ3) is 2.72. The number of pyridine rings is 1. The number of aromatic nitrogens is 1. The molecule has 126 valence electrons. The molecule has 5 heteroatoms. The van der Waals surface area contributed by atoms with Gasteiger partial charge in [-0.3, -0.25) is 9.36 Å². The number of nitriles is 2. The highest BCUT2D eigenvalue weighted by Gasteiger charge is 2.22. The lowest BCUT2D eigenvalue weighted by Crippen LogP contribution is -2.26. The van der Waals surface area contributed by atoms with Crippen LogP contribution in [-0.2, 0) is 6.42 Å². The average molecular weight is 340 g/mol. The number of benzene rings is 2. The summed E-state index contributed by atoms with van der Waals surface area (Å²) in [5.41, 5.74) is 8.16. The van der Waals surface area contributed by atoms with Crippen molar-refractivity contribution < 1.29 is 0 Å². The molecular formula is C21H16N4O. The standard InChI is InChI=1S/C21H16N4O/c1-2-14-7-6-10-16(11-14)25-20(24)17(12-22)19(18(13-23)21(25)26)15-8-4-3-5-9-15/h3-11H,2,24H2,1H3. The van der Waals surface area contributed by atoms with Gasteiger partial charge >= 0.3 is 0 Å². The van der Waals surface area contributed by atoms with Crippen molar-refractivity contribution in [3.63, 3.8) is 0 Å². The zero-order valence-corrected chi connectivity index (χ0v) is 14.2. The van der Waals surface area contributed by atoms with E-state index in [1.807, 2.05) is 37.3 Å². The van der Waals surface area contributed by atoms with Gasteiger partial charge in [0.25, 0.3) is 5.56 Å². The van der Waals surface area contributed by atoms with Crippen LogP contribution in [0.25, 0.3) is 16.8 Å². The molecule has 0 amide bonds. The Morgan fingerprint density at radius 1 is 1.00 bits per heavy atom. The highest BCUT2D eigenvalue weighted by Crippen LogP contribution is 2.30. The molecule has 0 saturated heterocycles. The van der Waals surface area contributed by atoms with Gasteiger partial charge in [-0.25, -0.2) is 0 Å². The van der Waals surface area contributed by atoms with E-state index in [9.17, 15) is 15.3 Å². The summed E-state index contributed by atoms with van der Waals surface area (Å²) < 4.78 is 1.24. The van der Waals surface area contributed by atoms with E-state index in [0.29, 0.717) is 11.3 Å². The average Bonchev–Trinajstić information content (AvgIpc) is 2.68. The first-order valence-electron chi connectivity index (χ1n) is 8.15. The molecule has 5 nitrogen and oxygen atoms in total. The Bertz CT molecular complexity index is 1120. The van der Waals surface area contributed by atoms with Gasteiger partial charge in [0, 0.05) is 5.56 Å². The first-order chi connectivity index (χ1) is 12.6. The van der Waals surface area contributed by atoms with Crippen LogP contribution in [0.5, 0.6) is 0 Å². The maximum Gasteiger partial charge on any atom is 0.275 e. The summed E-state index contributed by atoms with van der Waals surface area (Å²) in [5, 5.41) is 19.3. The Morgan fingerprint density at radius 3 is 2.31 bits per heavy atom. The molecule has 0 aliphatic heterocycles. The van der Waals surface area contributed by atoms with Gasteiger partial charge in [-0.15, -0.1) is 0 Å². The third-order valence-electron chi connectivity index (χ3n) is 4.28. The summed E-state index contributed by atoms with van der Waals surface area (Å²) in [4.78, 5) is 13.0. The number of nitrogens with two attached hydrogens (primary N) is 1. The second-order valence-corrected chi connectivity index (χ2v) is 5.76. The molecule has 1 aromatic heterocycles. The smallest absolute Gasteiger partial charge is 0.275 e. The van der Waals surface area contributed by atoms with Crippen LogP contribution in [0.1, 0.15) is 23.6 Å². The van der Waals surface area contributed by atoms with E-state index in [2.05, 4.69) is 6.07 Å². The lowest BCUT2D eigenvalue weighted by atomic mass is 9.96. The molecule has 26 heavy (non-hydrogen) atoms. The van der Waals surface area contributed by atoms with E-state index in [-0.39, 0.29) is 22.5 Å². The van der Waals surface area contributed by atoms with Crippen LogP contribution in [0.3, 0.4) is 0 Å². The topological polar surface area (TPSA) is 95.6 Å². The molecule has 0 fully saturated rings. The number of hydrogen-bond acceptors (Lipinski definition) is 4. The van der Waals surface area contributed by atoms with E-state index < -0.39 is 5.56 Å². The van der Waals surface area contributed by atoms with Gasteiger partial charge in [0.05, 0.1) is 5.69 Å². The van der Waals surface area contributed by atoms with Gasteiger partial charge in [0.15, 0.2) is 0 Å². The Labute approximate surface area is 151 Å². The predicted molar refractivity (Wildman–Crippen MR) is 101 cm³/mol. The fourth-order valence-electron chi connectivity index (χ4n) is 2.98. The third-order valence-corrected chi connectivity index (χ3v) is 4.28. The van der Waals surface area contributed by atoms with Gasteiger partial charge in [-0.2, -0.15) is 10.5 Å². The van der Waals surface area contributed by atoms with Gasteiger partial charge in [0.1, 0.15) is 29.1 Å². The van der Waals surface area contributed by atoms with Crippen molar-refractivity contribution in [1.82, 2.24) is 4.57 Å². The Balaban J connectivity index is 2.42. The van der Waals surface area contributed by atoms with Crippen molar-refractivity contribution >= 4 is 5.82 Å². The van der Waals surface area contributed by atoms with Crippen molar-refractivity contribution in [3.8, 4) is 29.0 Å². The molecule has 1 heterocycles. The van der Waals surface area contributed by atoms with Gasteiger partial charge in [-0.05, 0) is 29.7 Å². The van der Waals surface area contributed by atoms with Crippen LogP contribution in [0, 0.1) is 22.7 Å². The minimum Gasteiger partial charge on any atom is -0.384 e. The van der Waals surface area contributed by atoms with Crippen molar-refractivity contribution in [1.29, 1.82) is 10.5 Å². The maximum absolute atomic E-state index is 13.0. The van der Waals surface area contributed by atoms with Gasteiger partial charge in [0.2, 0.25) is 0 Å². The SMILES string of the molecule is CCc1cccc(-n2c(N)c(C#N)c(-c3ccccc3)c(C#N)c2=O)c1. The van der Waals surface area contributed by atoms with Crippen LogP contribution < -0.4 is 11.3 Å². The minimum atomic E-state index is -0.531. The van der Waals surface area contributed by atoms with Crippen LogP contribution in [0.2, 0.25) is 0 Å². The van der Waals surface area contributed by atoms with E-state index in [4.69, 9.17) is 5.73 Å². The fourth-order valence-corrected chi connectivity index (χ4v) is 2.98. The van der Waals surface area contributed by atoms with Crippen molar-refractivity contribution in [2.24, 2.45) is 0 Å². The number of rotatable bonds is 3. The van der Waals surface area contributed by atoms with Crippen LogP contribution in [0.15, 0.2) is 59.4 Å². The number of anilines is 1. The van der Waals surface area contributed by atoms with E-state index in [1.54, 1.807) is 30.3 Å². The molecule has 0 atom stereocenters. The Hall–Kier alpha value is -3.83. The summed E-state index contributed by atoms with van der Waals surface area (Å²) in [6.45, 7) is 2.01. The highest BCUT2D eigenvalue weighted by atomic mass is 16.1. The van der Waals surface area contributed by atoms with E-state index in [1.165, 1.54) is 4.57 Å².